The normalized spacial score (nSPS) is 14.7. The zero-order valence-corrected chi connectivity index (χ0v) is 13.7. The van der Waals surface area contributed by atoms with E-state index in [0.29, 0.717) is 0 Å². The molecular weight excluding hydrogens is 258 g/mol. The van der Waals surface area contributed by atoms with E-state index in [1.807, 2.05) is 26.0 Å². The number of hydrogen-bond donors (Lipinski definition) is 0. The Hall–Kier alpha value is -1.88. The van der Waals surface area contributed by atoms with Crippen LogP contribution in [-0.4, -0.2) is 6.29 Å². The number of allylic oxidation sites excluding steroid dienone is 2. The first kappa shape index (κ1) is 17.2. The van der Waals surface area contributed by atoms with Gasteiger partial charge in [0, 0.05) is 5.92 Å². The summed E-state index contributed by atoms with van der Waals surface area (Å²) in [5, 5.41) is 9.24. The highest BCUT2D eigenvalue weighted by molar-refractivity contribution is 5.54. The second kappa shape index (κ2) is 7.22. The minimum Gasteiger partial charge on any atom is -0.303 e. The SMILES string of the molecule is CC(C)=CCC(C)(CC(C)C=O)c1cccc(C#N)c1C. The summed E-state index contributed by atoms with van der Waals surface area (Å²) in [5.74, 6) is 0.00528. The molecule has 2 atom stereocenters. The predicted molar refractivity (Wildman–Crippen MR) is 87.1 cm³/mol. The Morgan fingerprint density at radius 3 is 2.62 bits per heavy atom. The van der Waals surface area contributed by atoms with Gasteiger partial charge in [-0.25, -0.2) is 0 Å². The zero-order valence-electron chi connectivity index (χ0n) is 13.7. The van der Waals surface area contributed by atoms with Crippen LogP contribution in [-0.2, 0) is 10.2 Å². The summed E-state index contributed by atoms with van der Waals surface area (Å²) in [6, 6.07) is 8.13. The van der Waals surface area contributed by atoms with Gasteiger partial charge in [0.15, 0.2) is 0 Å². The maximum atomic E-state index is 11.1. The number of carbonyl (C=O) groups is 1. The largest absolute Gasteiger partial charge is 0.303 e. The first-order valence-electron chi connectivity index (χ1n) is 7.43. The van der Waals surface area contributed by atoms with E-state index in [1.54, 1.807) is 0 Å². The van der Waals surface area contributed by atoms with E-state index in [2.05, 4.69) is 39.0 Å². The summed E-state index contributed by atoms with van der Waals surface area (Å²) in [6.45, 7) is 10.3. The van der Waals surface area contributed by atoms with Crippen LogP contribution in [0.15, 0.2) is 29.8 Å². The van der Waals surface area contributed by atoms with Gasteiger partial charge < -0.3 is 4.79 Å². The molecule has 1 aromatic carbocycles. The fourth-order valence-corrected chi connectivity index (χ4v) is 2.90. The molecule has 21 heavy (non-hydrogen) atoms. The van der Waals surface area contributed by atoms with Gasteiger partial charge in [-0.05, 0) is 56.2 Å². The first-order chi connectivity index (χ1) is 9.84. The van der Waals surface area contributed by atoms with Gasteiger partial charge in [-0.2, -0.15) is 5.26 Å². The van der Waals surface area contributed by atoms with Crippen molar-refractivity contribution in [3.8, 4) is 6.07 Å². The van der Waals surface area contributed by atoms with Crippen molar-refractivity contribution in [2.45, 2.75) is 52.9 Å². The lowest BCUT2D eigenvalue weighted by molar-refractivity contribution is -0.111. The molecule has 0 radical (unpaired) electrons. The van der Waals surface area contributed by atoms with Crippen LogP contribution in [0.3, 0.4) is 0 Å². The van der Waals surface area contributed by atoms with Crippen molar-refractivity contribution in [2.75, 3.05) is 0 Å². The summed E-state index contributed by atoms with van der Waals surface area (Å²) in [6.07, 6.45) is 4.90. The third-order valence-electron chi connectivity index (χ3n) is 4.07. The molecule has 2 heteroatoms. The quantitative estimate of drug-likeness (QED) is 0.560. The van der Waals surface area contributed by atoms with E-state index >= 15 is 0 Å². The summed E-state index contributed by atoms with van der Waals surface area (Å²) >= 11 is 0. The van der Waals surface area contributed by atoms with Crippen molar-refractivity contribution in [3.05, 3.63) is 46.5 Å². The number of nitrogens with zero attached hydrogens (tertiary/aromatic N) is 1. The molecule has 1 aromatic rings. The van der Waals surface area contributed by atoms with Crippen LogP contribution in [0.1, 0.15) is 57.2 Å². The monoisotopic (exact) mass is 283 g/mol. The molecule has 0 saturated heterocycles. The standard InChI is InChI=1S/C19H25NO/c1-14(2)9-10-19(5,11-15(3)13-21)18-8-6-7-17(12-20)16(18)4/h6-9,13,15H,10-11H2,1-5H3. The lowest BCUT2D eigenvalue weighted by Gasteiger charge is -2.32. The van der Waals surface area contributed by atoms with Crippen molar-refractivity contribution in [1.29, 1.82) is 5.26 Å². The van der Waals surface area contributed by atoms with Gasteiger partial charge in [0.1, 0.15) is 6.29 Å². The molecule has 2 unspecified atom stereocenters. The van der Waals surface area contributed by atoms with Crippen molar-refractivity contribution >= 4 is 6.29 Å². The number of hydrogen-bond acceptors (Lipinski definition) is 2. The average molecular weight is 283 g/mol. The van der Waals surface area contributed by atoms with E-state index in [-0.39, 0.29) is 11.3 Å². The van der Waals surface area contributed by atoms with Crippen molar-refractivity contribution < 1.29 is 4.79 Å². The second-order valence-electron chi connectivity index (χ2n) is 6.45. The molecule has 0 aliphatic heterocycles. The molecule has 0 amide bonds. The van der Waals surface area contributed by atoms with E-state index in [0.717, 1.165) is 30.3 Å². The van der Waals surface area contributed by atoms with Crippen molar-refractivity contribution in [1.82, 2.24) is 0 Å². The fraction of sp³-hybridized carbons (Fsp3) is 0.474. The molecule has 0 bridgehead atoms. The van der Waals surface area contributed by atoms with Crippen LogP contribution in [0.25, 0.3) is 0 Å². The topological polar surface area (TPSA) is 40.9 Å². The highest BCUT2D eigenvalue weighted by Gasteiger charge is 2.29. The maximum absolute atomic E-state index is 11.1. The Balaban J connectivity index is 3.33. The number of aldehydes is 1. The minimum atomic E-state index is -0.130. The molecule has 0 aliphatic carbocycles. The molecule has 0 fully saturated rings. The van der Waals surface area contributed by atoms with Crippen LogP contribution >= 0.6 is 0 Å². The van der Waals surface area contributed by atoms with E-state index in [9.17, 15) is 10.1 Å². The minimum absolute atomic E-state index is 0.00528. The van der Waals surface area contributed by atoms with Gasteiger partial charge in [0.05, 0.1) is 11.6 Å². The molecule has 112 valence electrons. The lowest BCUT2D eigenvalue weighted by Crippen LogP contribution is -2.26. The van der Waals surface area contributed by atoms with E-state index < -0.39 is 0 Å². The van der Waals surface area contributed by atoms with Crippen molar-refractivity contribution in [2.24, 2.45) is 5.92 Å². The highest BCUT2D eigenvalue weighted by Crippen LogP contribution is 2.37. The van der Waals surface area contributed by atoms with E-state index in [1.165, 1.54) is 11.1 Å². The van der Waals surface area contributed by atoms with E-state index in [4.69, 9.17) is 0 Å². The fourth-order valence-electron chi connectivity index (χ4n) is 2.90. The van der Waals surface area contributed by atoms with Crippen LogP contribution in [0.2, 0.25) is 0 Å². The molecule has 0 N–H and O–H groups in total. The highest BCUT2D eigenvalue weighted by atomic mass is 16.1. The third-order valence-corrected chi connectivity index (χ3v) is 4.07. The molecule has 2 nitrogen and oxygen atoms in total. The third kappa shape index (κ3) is 4.29. The lowest BCUT2D eigenvalue weighted by atomic mass is 9.71. The summed E-state index contributed by atoms with van der Waals surface area (Å²) in [7, 11) is 0. The number of carbonyl (C=O) groups excluding carboxylic acids is 1. The first-order valence-corrected chi connectivity index (χ1v) is 7.43. The van der Waals surface area contributed by atoms with Gasteiger partial charge in [-0.1, -0.05) is 37.6 Å². The smallest absolute Gasteiger partial charge is 0.122 e. The molecule has 1 rings (SSSR count). The van der Waals surface area contributed by atoms with Crippen LogP contribution in [0.4, 0.5) is 0 Å². The molecule has 0 saturated carbocycles. The maximum Gasteiger partial charge on any atom is 0.122 e. The zero-order chi connectivity index (χ0) is 16.0. The average Bonchev–Trinajstić information content (AvgIpc) is 2.45. The van der Waals surface area contributed by atoms with Gasteiger partial charge in [-0.15, -0.1) is 0 Å². The molecule has 0 aromatic heterocycles. The Labute approximate surface area is 128 Å². The summed E-state index contributed by atoms with van der Waals surface area (Å²) in [5.41, 5.74) is 4.06. The molecule has 0 spiro atoms. The second-order valence-corrected chi connectivity index (χ2v) is 6.45. The van der Waals surface area contributed by atoms with Gasteiger partial charge in [0.2, 0.25) is 0 Å². The van der Waals surface area contributed by atoms with Gasteiger partial charge in [0.25, 0.3) is 0 Å². The van der Waals surface area contributed by atoms with Crippen LogP contribution in [0, 0.1) is 24.2 Å². The Kier molecular flexibility index (Phi) is 5.90. The Morgan fingerprint density at radius 2 is 2.10 bits per heavy atom. The number of benzene rings is 1. The van der Waals surface area contributed by atoms with Gasteiger partial charge >= 0.3 is 0 Å². The Morgan fingerprint density at radius 1 is 1.43 bits per heavy atom. The molecule has 0 aliphatic rings. The molecular formula is C19H25NO. The van der Waals surface area contributed by atoms with Gasteiger partial charge in [-0.3, -0.25) is 0 Å². The summed E-state index contributed by atoms with van der Waals surface area (Å²) in [4.78, 5) is 11.1. The Bertz CT molecular complexity index is 576. The predicted octanol–water partition coefficient (Wildman–Crippen LogP) is 4.71. The van der Waals surface area contributed by atoms with Crippen molar-refractivity contribution in [3.63, 3.8) is 0 Å². The molecule has 0 heterocycles. The van der Waals surface area contributed by atoms with Crippen LogP contribution in [0.5, 0.6) is 0 Å². The number of rotatable bonds is 6. The number of nitriles is 1. The summed E-state index contributed by atoms with van der Waals surface area (Å²) < 4.78 is 0. The van der Waals surface area contributed by atoms with Crippen LogP contribution < -0.4 is 0 Å².